The number of para-hydroxylation sites is 2. The Bertz CT molecular complexity index is 4930. The molecule has 0 saturated carbocycles. The van der Waals surface area contributed by atoms with E-state index in [1.807, 2.05) is 13.8 Å². The molecule has 3 aliphatic heterocycles. The number of H-pyrrole nitrogens is 2. The number of nitrogens with one attached hydrogen (secondary N) is 10. The van der Waals surface area contributed by atoms with E-state index in [2.05, 4.69) is 52.5 Å². The zero-order valence-corrected chi connectivity index (χ0v) is 76.5. The van der Waals surface area contributed by atoms with Crippen molar-refractivity contribution < 1.29 is 101 Å². The first-order valence-corrected chi connectivity index (χ1v) is 45.9. The number of amides is 15. The van der Waals surface area contributed by atoms with Crippen molar-refractivity contribution in [2.75, 3.05) is 72.5 Å². The number of ketones is 2. The molecule has 41 nitrogen and oxygen atoms in total. The number of carbonyl (C=O) groups is 18. The predicted octanol–water partition coefficient (Wildman–Crippen LogP) is -1.66. The minimum Gasteiger partial charge on any atom is -0.497 e. The van der Waals surface area contributed by atoms with Crippen molar-refractivity contribution in [2.45, 2.75) is 240 Å². The maximum absolute atomic E-state index is 15.8. The van der Waals surface area contributed by atoms with Gasteiger partial charge in [-0.3, -0.25) is 86.3 Å². The van der Waals surface area contributed by atoms with Gasteiger partial charge in [0, 0.05) is 138 Å². The number of rotatable bonds is 28. The summed E-state index contributed by atoms with van der Waals surface area (Å²) in [5.74, 6) is -18.4. The number of thioether (sulfide) groups is 1. The van der Waals surface area contributed by atoms with Crippen LogP contribution in [0, 0.1) is 5.92 Å². The van der Waals surface area contributed by atoms with E-state index in [-0.39, 0.29) is 89.6 Å². The van der Waals surface area contributed by atoms with Gasteiger partial charge in [-0.15, -0.1) is 11.8 Å². The lowest BCUT2D eigenvalue weighted by Crippen LogP contribution is -2.61. The minimum atomic E-state index is -1.81. The van der Waals surface area contributed by atoms with Gasteiger partial charge in [0.1, 0.15) is 72.2 Å². The van der Waals surface area contributed by atoms with E-state index in [1.54, 1.807) is 85.2 Å². The lowest BCUT2D eigenvalue weighted by molar-refractivity contribution is -0.149. The zero-order valence-electron chi connectivity index (χ0n) is 75.7. The highest BCUT2D eigenvalue weighted by Crippen LogP contribution is 2.29. The number of hydrogen-bond acceptors (Lipinski definition) is 24. The molecule has 0 bridgehead atoms. The van der Waals surface area contributed by atoms with Gasteiger partial charge in [-0.1, -0.05) is 88.1 Å². The molecule has 0 unspecified atom stereocenters. The van der Waals surface area contributed by atoms with Crippen molar-refractivity contribution in [3.05, 3.63) is 102 Å². The molecule has 5 aromatic rings. The van der Waals surface area contributed by atoms with E-state index in [9.17, 15) is 63.0 Å². The number of nitrogens with zero attached hydrogens (tertiary/aromatic N) is 5. The summed E-state index contributed by atoms with van der Waals surface area (Å²) in [7, 11) is 5.44. The van der Waals surface area contributed by atoms with E-state index >= 15 is 33.6 Å². The highest BCUT2D eigenvalue weighted by atomic mass is 32.2. The number of carboxylic acid groups (broad SMARTS) is 1. The average molecular weight is 1860 g/mol. The van der Waals surface area contributed by atoms with Crippen LogP contribution in [0.1, 0.15) is 153 Å². The Kier molecular flexibility index (Phi) is 40.4. The van der Waals surface area contributed by atoms with Gasteiger partial charge in [0.2, 0.25) is 88.6 Å². The number of benzene rings is 3. The molecule has 720 valence electrons. The Labute approximate surface area is 769 Å². The lowest BCUT2D eigenvalue weighted by atomic mass is 9.91. The first kappa shape index (κ1) is 105. The number of fused-ring (bicyclic) bond motifs is 4. The van der Waals surface area contributed by atoms with Crippen LogP contribution in [0.4, 0.5) is 0 Å². The molecule has 3 aromatic carbocycles. The van der Waals surface area contributed by atoms with E-state index < -0.39 is 260 Å². The van der Waals surface area contributed by atoms with Gasteiger partial charge < -0.3 is 121 Å². The van der Waals surface area contributed by atoms with Crippen molar-refractivity contribution >= 4 is 140 Å². The second kappa shape index (κ2) is 50.8. The highest BCUT2D eigenvalue weighted by molar-refractivity contribution is 8.00. The number of aliphatic hydroxyl groups is 1. The van der Waals surface area contributed by atoms with Crippen LogP contribution < -0.4 is 75.9 Å². The number of ether oxygens (including phenoxy) is 1. The Morgan fingerprint density at radius 3 is 1.67 bits per heavy atom. The first-order valence-electron chi connectivity index (χ1n) is 44.7. The Balaban J connectivity index is 1.19. The second-order valence-corrected chi connectivity index (χ2v) is 34.8. The monoisotopic (exact) mass is 1860 g/mol. The number of aliphatic carboxylic acids is 1. The fourth-order valence-corrected chi connectivity index (χ4v) is 17.5. The molecule has 42 heteroatoms. The molecule has 3 fully saturated rings. The van der Waals surface area contributed by atoms with E-state index in [0.29, 0.717) is 69.9 Å². The Morgan fingerprint density at radius 1 is 0.515 bits per heavy atom. The molecule has 3 saturated heterocycles. The summed E-state index contributed by atoms with van der Waals surface area (Å²) in [6.07, 6.45) is -1.23. The van der Waals surface area contributed by atoms with Crippen LogP contribution in [0.2, 0.25) is 0 Å². The molecular weight excluding hydrogens is 1730 g/mol. The summed E-state index contributed by atoms with van der Waals surface area (Å²) in [5.41, 5.74) is 32.5. The molecule has 0 aliphatic carbocycles. The number of primary amides is 2. The zero-order chi connectivity index (χ0) is 96.7. The van der Waals surface area contributed by atoms with Crippen molar-refractivity contribution in [2.24, 2.45) is 34.6 Å². The molecule has 0 radical (unpaired) electrons. The van der Waals surface area contributed by atoms with Crippen molar-refractivity contribution in [3.8, 4) is 5.75 Å². The summed E-state index contributed by atoms with van der Waals surface area (Å²) < 4.78 is 5.34. The number of carbonyl (C=O) groups excluding carboxylic acids is 17. The van der Waals surface area contributed by atoms with Crippen LogP contribution in [0.25, 0.3) is 21.8 Å². The van der Waals surface area contributed by atoms with Crippen molar-refractivity contribution in [1.29, 1.82) is 0 Å². The minimum absolute atomic E-state index is 0.0213. The average Bonchev–Trinajstić information content (AvgIpc) is 1.51. The number of likely N-dealkylation sites (N-methyl/N-ethyl adjacent to an activating group) is 3. The van der Waals surface area contributed by atoms with Gasteiger partial charge in [0.05, 0.1) is 37.5 Å². The summed E-state index contributed by atoms with van der Waals surface area (Å²) in [6.45, 7) is 3.45. The number of aliphatic hydroxyl groups excluding tert-OH is 1. The number of hydrogen-bond donors (Lipinski definition) is 17. The fraction of sp³-hybridized carbons (Fsp3) is 0.556. The first-order chi connectivity index (χ1) is 62.9. The topological polar surface area (TPSA) is 631 Å². The molecule has 3 aliphatic rings. The molecule has 22 N–H and O–H groups in total. The third-order valence-electron chi connectivity index (χ3n) is 24.3. The van der Waals surface area contributed by atoms with Gasteiger partial charge in [0.15, 0.2) is 11.6 Å². The molecule has 0 spiro atoms. The molecule has 2 aromatic heterocycles. The second-order valence-electron chi connectivity index (χ2n) is 33.8. The normalized spacial score (nSPS) is 25.1. The van der Waals surface area contributed by atoms with Crippen LogP contribution in [-0.2, 0) is 106 Å². The standard InChI is InChI=1S/C90H128N20O21S/c1-8-10-23-69-83(123)99-61(22-16-35-91)81(121)105-68(73(112)31-32-75(94)114)48-132-49-77(116)98-64(38-51-26-28-56(131-7)29-27-51)86(126)106(4)50(3)79(119)102-66(43-76(95)115)89(129)109-37-17-25-70(109)84(124)104-67(44-93)82(122)100-62(30-33-78(117)118)88(128)110-47-55(111)42-72(110)85(125)101-63(39-53-45-96-59-20-14-12-18-57(53)59)74(113)41-52(34-36-92)80(120)103-65(40-54-46-97-60-21-15-13-19-58(54)60)87(127)108(6)71(24-11-9-2)90(130)107(69)5/h12-15,18-21,26-29,45-46,50,52,55,61-72,96-97,111H,8-11,16-17,22-25,30-44,47-49,91-93H2,1-7H3,(H2,94,114)(H2,95,115)(H,98,116)(H,99,123)(H,100,122)(H,101,125)(H,102,119)(H,103,120)(H,104,124)(H,105,121)(H,117,118)/t50-,52+,55+,61-,62-,63-,64-,65-,66-,67-,68-,69-,70-,71-,72-/m0/s1. The SMILES string of the molecule is CCCC[C@H]1C(=O)N(C)[C@@H](CCCC)C(=O)N[C@@H](CCCN)C(=O)N[C@H](C(=O)CCC(N)=O)CSCC(=O)N[C@@H](Cc2ccc(OC)cc2)C(=O)N(C)[C@@H](C)C(=O)N[C@@H](CC(N)=O)C(=O)N2CCC[C@H]2C(=O)N[C@@H](CN)C(=O)N[C@@H](CCC(=O)O)C(=O)N2C[C@H](O)C[C@H]2C(=O)N[C@@H](Cc2c[nH]c3ccccc23)C(=O)C[C@@H](CCN)C(=O)N[C@@H](Cc2c[nH]c3ccccc23)C(=O)N1C. The van der Waals surface area contributed by atoms with Crippen LogP contribution in [0.5, 0.6) is 5.75 Å². The quantitative estimate of drug-likeness (QED) is 0.0266. The maximum Gasteiger partial charge on any atom is 0.303 e. The molecule has 5 heterocycles. The number of nitrogens with two attached hydrogens (primary N) is 5. The lowest BCUT2D eigenvalue weighted by Gasteiger charge is -2.36. The van der Waals surface area contributed by atoms with Crippen LogP contribution in [0.3, 0.4) is 0 Å². The number of Topliss-reactive ketones (excluding diaryl/α,β-unsaturated/α-hetero) is 2. The van der Waals surface area contributed by atoms with Crippen LogP contribution in [0.15, 0.2) is 85.2 Å². The smallest absolute Gasteiger partial charge is 0.303 e. The number of unbranched alkanes of at least 4 members (excludes halogenated alkanes) is 2. The highest BCUT2D eigenvalue weighted by Gasteiger charge is 2.47. The summed E-state index contributed by atoms with van der Waals surface area (Å²) in [5, 5.41) is 44.0. The van der Waals surface area contributed by atoms with Gasteiger partial charge >= 0.3 is 5.97 Å². The number of aromatic nitrogens is 2. The Hall–Kier alpha value is -12.4. The molecule has 132 heavy (non-hydrogen) atoms. The largest absolute Gasteiger partial charge is 0.497 e. The third kappa shape index (κ3) is 29.0. The molecule has 15 atom stereocenters. The van der Waals surface area contributed by atoms with Gasteiger partial charge in [-0.05, 0) is 112 Å². The molecular formula is C90H128N20O21S. The number of carboxylic acids is 1. The number of aromatic amines is 2. The maximum atomic E-state index is 15.8. The van der Waals surface area contributed by atoms with E-state index in [0.717, 1.165) is 26.5 Å². The fourth-order valence-electron chi connectivity index (χ4n) is 16.6. The van der Waals surface area contributed by atoms with Gasteiger partial charge in [0.25, 0.3) is 0 Å². The van der Waals surface area contributed by atoms with Crippen LogP contribution in [-0.4, -0.2) is 308 Å². The van der Waals surface area contributed by atoms with E-state index in [4.69, 9.17) is 33.4 Å². The molecule has 8 rings (SSSR count). The number of methoxy groups -OCH3 is 1. The predicted molar refractivity (Wildman–Crippen MR) is 487 cm³/mol. The van der Waals surface area contributed by atoms with Gasteiger partial charge in [-0.25, -0.2) is 0 Å². The third-order valence-corrected chi connectivity index (χ3v) is 25.3. The van der Waals surface area contributed by atoms with Crippen molar-refractivity contribution in [1.82, 2.24) is 77.0 Å². The van der Waals surface area contributed by atoms with E-state index in [1.165, 1.54) is 45.0 Å². The van der Waals surface area contributed by atoms with Crippen LogP contribution >= 0.6 is 11.8 Å². The summed E-state index contributed by atoms with van der Waals surface area (Å²) in [6, 6.07) is 0.735. The summed E-state index contributed by atoms with van der Waals surface area (Å²) in [4.78, 5) is 273. The summed E-state index contributed by atoms with van der Waals surface area (Å²) >= 11 is 0.832. The Morgan fingerprint density at radius 2 is 1.07 bits per heavy atom. The molecule has 15 amide bonds. The van der Waals surface area contributed by atoms with Gasteiger partial charge in [-0.2, -0.15) is 0 Å². The van der Waals surface area contributed by atoms with Crippen molar-refractivity contribution in [3.63, 3.8) is 0 Å².